The Morgan fingerprint density at radius 1 is 0.833 bits per heavy atom. The highest BCUT2D eigenvalue weighted by atomic mass is 32.1. The number of carbonyl (C=O) groups is 2. The highest BCUT2D eigenvalue weighted by Gasteiger charge is 2.18. The molecule has 4 aromatic rings. The van der Waals surface area contributed by atoms with Crippen molar-refractivity contribution in [3.63, 3.8) is 0 Å². The van der Waals surface area contributed by atoms with Gasteiger partial charge in [0.05, 0.1) is 11.4 Å². The number of anilines is 2. The summed E-state index contributed by atoms with van der Waals surface area (Å²) in [5.74, 6) is -0.284. The van der Waals surface area contributed by atoms with E-state index in [1.54, 1.807) is 62.7 Å². The Labute approximate surface area is 216 Å². The fraction of sp³-hybridized carbons (Fsp3) is 0.207. The van der Waals surface area contributed by atoms with Gasteiger partial charge in [0.15, 0.2) is 0 Å². The summed E-state index contributed by atoms with van der Waals surface area (Å²) in [6, 6.07) is 20.6. The standard InChI is InChI=1S/C27H25N3O3S.C2H6/c1-27(2,3)33-26(32)30-22-13-12-20(24-7-5-15-34-24)16-23(22)29-25(31)19-10-8-18(9-11-19)21-6-4-14-28-17-21;1-2/h4-17H,1-3H3,(H,29,31)(H,30,32);1-2H3. The van der Waals surface area contributed by atoms with E-state index in [0.717, 1.165) is 21.6 Å². The number of rotatable bonds is 5. The minimum absolute atomic E-state index is 0.284. The van der Waals surface area contributed by atoms with Gasteiger partial charge in [0, 0.05) is 22.8 Å². The molecule has 0 aliphatic carbocycles. The second-order valence-electron chi connectivity index (χ2n) is 8.64. The Kier molecular flexibility index (Phi) is 8.97. The number of benzene rings is 2. The lowest BCUT2D eigenvalue weighted by Gasteiger charge is -2.21. The summed E-state index contributed by atoms with van der Waals surface area (Å²) in [5.41, 5.74) is 3.68. The SMILES string of the molecule is CC.CC(C)(C)OC(=O)Nc1ccc(-c2cccs2)cc1NC(=O)c1ccc(-c2cccnc2)cc1. The lowest BCUT2D eigenvalue weighted by molar-refractivity contribution is 0.0635. The van der Waals surface area contributed by atoms with Crippen molar-refractivity contribution in [3.05, 3.63) is 90.1 Å². The topological polar surface area (TPSA) is 80.3 Å². The molecular weight excluding hydrogens is 470 g/mol. The van der Waals surface area contributed by atoms with Crippen molar-refractivity contribution < 1.29 is 14.3 Å². The van der Waals surface area contributed by atoms with Crippen LogP contribution in [0.2, 0.25) is 0 Å². The Morgan fingerprint density at radius 3 is 2.17 bits per heavy atom. The molecule has 0 fully saturated rings. The largest absolute Gasteiger partial charge is 0.444 e. The molecule has 2 N–H and O–H groups in total. The van der Waals surface area contributed by atoms with Crippen molar-refractivity contribution in [3.8, 4) is 21.6 Å². The van der Waals surface area contributed by atoms with E-state index in [2.05, 4.69) is 15.6 Å². The Balaban J connectivity index is 0.00000176. The van der Waals surface area contributed by atoms with Gasteiger partial charge in [-0.15, -0.1) is 11.3 Å². The molecule has 0 spiro atoms. The van der Waals surface area contributed by atoms with Gasteiger partial charge in [0.1, 0.15) is 5.60 Å². The van der Waals surface area contributed by atoms with Crippen molar-refractivity contribution in [2.24, 2.45) is 0 Å². The maximum Gasteiger partial charge on any atom is 0.412 e. The molecule has 2 aromatic heterocycles. The Morgan fingerprint density at radius 2 is 1.56 bits per heavy atom. The lowest BCUT2D eigenvalue weighted by atomic mass is 10.1. The van der Waals surface area contributed by atoms with Gasteiger partial charge in [-0.05, 0) is 79.2 Å². The number of aromatic nitrogens is 1. The quantitative estimate of drug-likeness (QED) is 0.289. The lowest BCUT2D eigenvalue weighted by Crippen LogP contribution is -2.27. The maximum absolute atomic E-state index is 13.1. The molecule has 0 atom stereocenters. The highest BCUT2D eigenvalue weighted by molar-refractivity contribution is 7.13. The molecule has 0 bridgehead atoms. The summed E-state index contributed by atoms with van der Waals surface area (Å²) in [5, 5.41) is 7.68. The molecule has 0 saturated carbocycles. The van der Waals surface area contributed by atoms with Gasteiger partial charge in [-0.3, -0.25) is 15.1 Å². The molecule has 2 heterocycles. The predicted octanol–water partition coefficient (Wildman–Crippen LogP) is 8.10. The van der Waals surface area contributed by atoms with Gasteiger partial charge < -0.3 is 10.1 Å². The predicted molar refractivity (Wildman–Crippen MR) is 149 cm³/mol. The normalized spacial score (nSPS) is 10.6. The second-order valence-corrected chi connectivity index (χ2v) is 9.59. The first-order chi connectivity index (χ1) is 17.3. The van der Waals surface area contributed by atoms with Crippen molar-refractivity contribution in [1.82, 2.24) is 4.98 Å². The second kappa shape index (κ2) is 12.1. The number of nitrogens with zero attached hydrogens (tertiary/aromatic N) is 1. The zero-order chi connectivity index (χ0) is 26.1. The fourth-order valence-electron chi connectivity index (χ4n) is 3.31. The van der Waals surface area contributed by atoms with Crippen LogP contribution in [0.4, 0.5) is 16.2 Å². The van der Waals surface area contributed by atoms with E-state index in [-0.39, 0.29) is 5.91 Å². The summed E-state index contributed by atoms with van der Waals surface area (Å²) in [6.07, 6.45) is 2.91. The summed E-state index contributed by atoms with van der Waals surface area (Å²) in [6.45, 7) is 9.39. The number of amides is 2. The van der Waals surface area contributed by atoms with Crippen LogP contribution in [0.5, 0.6) is 0 Å². The van der Waals surface area contributed by atoms with Gasteiger partial charge in [0.25, 0.3) is 5.91 Å². The molecule has 6 nitrogen and oxygen atoms in total. The highest BCUT2D eigenvalue weighted by Crippen LogP contribution is 2.32. The Bertz CT molecular complexity index is 1280. The summed E-state index contributed by atoms with van der Waals surface area (Å²) in [7, 11) is 0. The van der Waals surface area contributed by atoms with Crippen molar-refractivity contribution in [1.29, 1.82) is 0 Å². The van der Waals surface area contributed by atoms with Crippen LogP contribution in [0.3, 0.4) is 0 Å². The summed E-state index contributed by atoms with van der Waals surface area (Å²) < 4.78 is 5.38. The maximum atomic E-state index is 13.1. The van der Waals surface area contributed by atoms with Gasteiger partial charge in [0.2, 0.25) is 0 Å². The molecule has 2 aromatic carbocycles. The van der Waals surface area contributed by atoms with Crippen molar-refractivity contribution in [2.75, 3.05) is 10.6 Å². The minimum atomic E-state index is -0.638. The number of ether oxygens (including phenoxy) is 1. The number of carbonyl (C=O) groups excluding carboxylic acids is 2. The number of pyridine rings is 1. The smallest absolute Gasteiger partial charge is 0.412 e. The molecule has 7 heteroatoms. The molecule has 0 aliphatic heterocycles. The molecule has 186 valence electrons. The third-order valence-electron chi connectivity index (χ3n) is 4.85. The van der Waals surface area contributed by atoms with E-state index < -0.39 is 11.7 Å². The zero-order valence-corrected chi connectivity index (χ0v) is 22.0. The van der Waals surface area contributed by atoms with E-state index in [0.29, 0.717) is 16.9 Å². The van der Waals surface area contributed by atoms with Gasteiger partial charge in [-0.1, -0.05) is 44.2 Å². The van der Waals surface area contributed by atoms with Gasteiger partial charge >= 0.3 is 6.09 Å². The molecule has 4 rings (SSSR count). The summed E-state index contributed by atoms with van der Waals surface area (Å²) in [4.78, 5) is 30.6. The fourth-order valence-corrected chi connectivity index (χ4v) is 4.03. The zero-order valence-electron chi connectivity index (χ0n) is 21.2. The van der Waals surface area contributed by atoms with Crippen LogP contribution in [-0.2, 0) is 4.74 Å². The van der Waals surface area contributed by atoms with Crippen LogP contribution in [0.1, 0.15) is 45.0 Å². The summed E-state index contributed by atoms with van der Waals surface area (Å²) >= 11 is 1.60. The van der Waals surface area contributed by atoms with E-state index >= 15 is 0 Å². The van der Waals surface area contributed by atoms with E-state index in [1.165, 1.54) is 0 Å². The monoisotopic (exact) mass is 501 g/mol. The number of thiophene rings is 1. The van der Waals surface area contributed by atoms with Crippen LogP contribution in [0, 0.1) is 0 Å². The van der Waals surface area contributed by atoms with Crippen LogP contribution >= 0.6 is 11.3 Å². The third-order valence-corrected chi connectivity index (χ3v) is 5.77. The Hall–Kier alpha value is -3.97. The van der Waals surface area contributed by atoms with Crippen LogP contribution in [-0.4, -0.2) is 22.6 Å². The first-order valence-electron chi connectivity index (χ1n) is 11.8. The van der Waals surface area contributed by atoms with Crippen molar-refractivity contribution in [2.45, 2.75) is 40.2 Å². The minimum Gasteiger partial charge on any atom is -0.444 e. The van der Waals surface area contributed by atoms with Crippen LogP contribution in [0.15, 0.2) is 84.5 Å². The number of hydrogen-bond acceptors (Lipinski definition) is 5. The molecule has 36 heavy (non-hydrogen) atoms. The van der Waals surface area contributed by atoms with Crippen molar-refractivity contribution >= 4 is 34.7 Å². The van der Waals surface area contributed by atoms with Gasteiger partial charge in [-0.25, -0.2) is 4.79 Å². The molecule has 0 unspecified atom stereocenters. The average molecular weight is 502 g/mol. The molecule has 0 radical (unpaired) electrons. The average Bonchev–Trinajstić information content (AvgIpc) is 3.41. The van der Waals surface area contributed by atoms with E-state index in [1.807, 2.05) is 67.8 Å². The molecule has 2 amide bonds. The molecule has 0 saturated heterocycles. The third kappa shape index (κ3) is 7.26. The first-order valence-corrected chi connectivity index (χ1v) is 12.7. The van der Waals surface area contributed by atoms with Gasteiger partial charge in [-0.2, -0.15) is 0 Å². The van der Waals surface area contributed by atoms with Crippen LogP contribution in [0.25, 0.3) is 21.6 Å². The molecular formula is C29H31N3O3S. The first kappa shape index (κ1) is 26.6. The number of hydrogen-bond donors (Lipinski definition) is 2. The number of nitrogens with one attached hydrogen (secondary N) is 2. The molecule has 0 aliphatic rings. The van der Waals surface area contributed by atoms with Crippen LogP contribution < -0.4 is 10.6 Å². The van der Waals surface area contributed by atoms with E-state index in [9.17, 15) is 9.59 Å². The van der Waals surface area contributed by atoms with E-state index in [4.69, 9.17) is 4.74 Å².